The minimum Gasteiger partial charge on any atom is -0.384 e. The summed E-state index contributed by atoms with van der Waals surface area (Å²) in [6, 6.07) is 13.4. The first-order valence-electron chi connectivity index (χ1n) is 6.18. The number of nitrogen functional groups attached to an aromatic ring is 1. The molecule has 0 aliphatic rings. The van der Waals surface area contributed by atoms with Gasteiger partial charge in [-0.05, 0) is 23.8 Å². The van der Waals surface area contributed by atoms with Crippen molar-refractivity contribution >= 4 is 28.5 Å². The summed E-state index contributed by atoms with van der Waals surface area (Å²) in [7, 11) is 0. The Morgan fingerprint density at radius 2 is 2.05 bits per heavy atom. The quantitative estimate of drug-likeness (QED) is 0.573. The van der Waals surface area contributed by atoms with Crippen LogP contribution >= 0.6 is 11.6 Å². The highest BCUT2D eigenvalue weighted by Gasteiger charge is 2.07. The second kappa shape index (κ2) is 4.98. The SMILES string of the molecule is N=C(N)c1ccc(Cn2cnc3ccccc32)c(Cl)c1. The molecule has 0 bridgehead atoms. The van der Waals surface area contributed by atoms with Crippen LogP contribution in [0, 0.1) is 5.41 Å². The lowest BCUT2D eigenvalue weighted by Gasteiger charge is -2.08. The molecule has 1 aromatic heterocycles. The lowest BCUT2D eigenvalue weighted by molar-refractivity contribution is 0.824. The molecule has 1 heterocycles. The van der Waals surface area contributed by atoms with E-state index in [0.29, 0.717) is 17.1 Å². The number of halogens is 1. The van der Waals surface area contributed by atoms with Crippen LogP contribution in [0.15, 0.2) is 48.8 Å². The maximum atomic E-state index is 7.41. The van der Waals surface area contributed by atoms with Crippen molar-refractivity contribution in [3.63, 3.8) is 0 Å². The first kappa shape index (κ1) is 12.7. The molecule has 0 spiro atoms. The number of hydrogen-bond acceptors (Lipinski definition) is 2. The third-order valence-corrected chi connectivity index (χ3v) is 3.58. The fourth-order valence-electron chi connectivity index (χ4n) is 2.16. The molecule has 4 nitrogen and oxygen atoms in total. The van der Waals surface area contributed by atoms with Crippen molar-refractivity contribution < 1.29 is 0 Å². The zero-order valence-electron chi connectivity index (χ0n) is 10.7. The zero-order chi connectivity index (χ0) is 14.1. The van der Waals surface area contributed by atoms with Crippen LogP contribution in [0.2, 0.25) is 5.02 Å². The Morgan fingerprint density at radius 3 is 2.80 bits per heavy atom. The minimum atomic E-state index is 0.0199. The second-order valence-electron chi connectivity index (χ2n) is 4.58. The van der Waals surface area contributed by atoms with Gasteiger partial charge in [0.25, 0.3) is 0 Å². The molecule has 0 saturated carbocycles. The van der Waals surface area contributed by atoms with Crippen LogP contribution in [0.5, 0.6) is 0 Å². The summed E-state index contributed by atoms with van der Waals surface area (Å²) in [4.78, 5) is 4.36. The van der Waals surface area contributed by atoms with Gasteiger partial charge in [0.2, 0.25) is 0 Å². The van der Waals surface area contributed by atoms with Gasteiger partial charge in [0.05, 0.1) is 23.9 Å². The number of fused-ring (bicyclic) bond motifs is 1. The van der Waals surface area contributed by atoms with Crippen molar-refractivity contribution in [2.45, 2.75) is 6.54 Å². The van der Waals surface area contributed by atoms with Crippen LogP contribution < -0.4 is 5.73 Å². The number of imidazole rings is 1. The molecule has 0 atom stereocenters. The van der Waals surface area contributed by atoms with Gasteiger partial charge in [-0.3, -0.25) is 5.41 Å². The van der Waals surface area contributed by atoms with Gasteiger partial charge < -0.3 is 10.3 Å². The Morgan fingerprint density at radius 1 is 1.25 bits per heavy atom. The molecule has 2 aromatic carbocycles. The fraction of sp³-hybridized carbons (Fsp3) is 0.0667. The lowest BCUT2D eigenvalue weighted by atomic mass is 10.1. The number of aromatic nitrogens is 2. The van der Waals surface area contributed by atoms with Gasteiger partial charge >= 0.3 is 0 Å². The van der Waals surface area contributed by atoms with Gasteiger partial charge in [0.1, 0.15) is 5.84 Å². The average Bonchev–Trinajstić information content (AvgIpc) is 2.84. The van der Waals surface area contributed by atoms with E-state index in [2.05, 4.69) is 4.98 Å². The Hall–Kier alpha value is -2.33. The van der Waals surface area contributed by atoms with Gasteiger partial charge in [-0.2, -0.15) is 0 Å². The van der Waals surface area contributed by atoms with Crippen molar-refractivity contribution in [3.05, 3.63) is 64.9 Å². The van der Waals surface area contributed by atoms with E-state index < -0.39 is 0 Å². The van der Waals surface area contributed by atoms with E-state index in [1.54, 1.807) is 12.4 Å². The molecular formula is C15H13ClN4. The maximum absolute atomic E-state index is 7.41. The van der Waals surface area contributed by atoms with Crippen molar-refractivity contribution in [2.75, 3.05) is 0 Å². The number of nitrogens with zero attached hydrogens (tertiary/aromatic N) is 2. The molecular weight excluding hydrogens is 272 g/mol. The maximum Gasteiger partial charge on any atom is 0.122 e. The summed E-state index contributed by atoms with van der Waals surface area (Å²) in [5.41, 5.74) is 9.09. The van der Waals surface area contributed by atoms with Gasteiger partial charge in [0, 0.05) is 10.6 Å². The molecule has 3 N–H and O–H groups in total. The van der Waals surface area contributed by atoms with Crippen LogP contribution in [0.3, 0.4) is 0 Å². The third-order valence-electron chi connectivity index (χ3n) is 3.23. The van der Waals surface area contributed by atoms with E-state index in [0.717, 1.165) is 16.6 Å². The van der Waals surface area contributed by atoms with Crippen molar-refractivity contribution in [2.24, 2.45) is 5.73 Å². The monoisotopic (exact) mass is 284 g/mol. The van der Waals surface area contributed by atoms with Crippen LogP contribution in [-0.2, 0) is 6.54 Å². The molecule has 0 aliphatic carbocycles. The fourth-order valence-corrected chi connectivity index (χ4v) is 2.40. The summed E-state index contributed by atoms with van der Waals surface area (Å²) in [6.07, 6.45) is 1.81. The standard InChI is InChI=1S/C15H13ClN4/c16-12-7-10(15(17)18)5-6-11(12)8-20-9-19-13-3-1-2-4-14(13)20/h1-7,9H,8H2,(H3,17,18). The Bertz CT molecular complexity index is 791. The van der Waals surface area contributed by atoms with Crippen molar-refractivity contribution in [1.82, 2.24) is 9.55 Å². The molecule has 0 aliphatic heterocycles. The van der Waals surface area contributed by atoms with Gasteiger partial charge in [-0.15, -0.1) is 0 Å². The normalized spacial score (nSPS) is 10.8. The predicted octanol–water partition coefficient (Wildman–Crippen LogP) is 3.02. The molecule has 5 heteroatoms. The molecule has 0 saturated heterocycles. The van der Waals surface area contributed by atoms with Crippen LogP contribution in [0.4, 0.5) is 0 Å². The number of hydrogen-bond donors (Lipinski definition) is 2. The first-order chi connectivity index (χ1) is 9.65. The van der Waals surface area contributed by atoms with Crippen molar-refractivity contribution in [1.29, 1.82) is 5.41 Å². The number of benzene rings is 2. The van der Waals surface area contributed by atoms with Gasteiger partial charge in [0.15, 0.2) is 0 Å². The molecule has 0 unspecified atom stereocenters. The minimum absolute atomic E-state index is 0.0199. The van der Waals surface area contributed by atoms with Crippen LogP contribution in [-0.4, -0.2) is 15.4 Å². The van der Waals surface area contributed by atoms with E-state index >= 15 is 0 Å². The highest BCUT2D eigenvalue weighted by atomic mass is 35.5. The van der Waals surface area contributed by atoms with E-state index in [9.17, 15) is 0 Å². The Labute approximate surface area is 121 Å². The van der Waals surface area contributed by atoms with E-state index in [1.807, 2.05) is 41.0 Å². The van der Waals surface area contributed by atoms with Crippen LogP contribution in [0.25, 0.3) is 11.0 Å². The highest BCUT2D eigenvalue weighted by Crippen LogP contribution is 2.21. The number of rotatable bonds is 3. The predicted molar refractivity (Wildman–Crippen MR) is 81.3 cm³/mol. The molecule has 100 valence electrons. The Balaban J connectivity index is 1.97. The van der Waals surface area contributed by atoms with Crippen molar-refractivity contribution in [3.8, 4) is 0 Å². The number of nitrogens with two attached hydrogens (primary N) is 1. The second-order valence-corrected chi connectivity index (χ2v) is 4.99. The zero-order valence-corrected chi connectivity index (χ0v) is 11.4. The molecule has 0 radical (unpaired) electrons. The average molecular weight is 285 g/mol. The number of amidine groups is 1. The third kappa shape index (κ3) is 2.26. The lowest BCUT2D eigenvalue weighted by Crippen LogP contribution is -2.11. The van der Waals surface area contributed by atoms with Crippen LogP contribution in [0.1, 0.15) is 11.1 Å². The van der Waals surface area contributed by atoms with E-state index in [1.165, 1.54) is 0 Å². The molecule has 3 aromatic rings. The number of nitrogens with one attached hydrogen (secondary N) is 1. The van der Waals surface area contributed by atoms with Gasteiger partial charge in [-0.1, -0.05) is 35.9 Å². The molecule has 0 amide bonds. The highest BCUT2D eigenvalue weighted by molar-refractivity contribution is 6.31. The summed E-state index contributed by atoms with van der Waals surface area (Å²) < 4.78 is 2.05. The summed E-state index contributed by atoms with van der Waals surface area (Å²) in [6.45, 7) is 0.636. The topological polar surface area (TPSA) is 67.7 Å². The summed E-state index contributed by atoms with van der Waals surface area (Å²) in [5, 5.41) is 8.02. The largest absolute Gasteiger partial charge is 0.384 e. The Kier molecular flexibility index (Phi) is 3.16. The molecule has 3 rings (SSSR count). The van der Waals surface area contributed by atoms with Gasteiger partial charge in [-0.25, -0.2) is 4.98 Å². The molecule has 0 fully saturated rings. The summed E-state index contributed by atoms with van der Waals surface area (Å²) >= 11 is 6.26. The van der Waals surface area contributed by atoms with E-state index in [4.69, 9.17) is 22.7 Å². The number of para-hydroxylation sites is 2. The first-order valence-corrected chi connectivity index (χ1v) is 6.55. The molecule has 20 heavy (non-hydrogen) atoms. The smallest absolute Gasteiger partial charge is 0.122 e. The van der Waals surface area contributed by atoms with E-state index in [-0.39, 0.29) is 5.84 Å². The summed E-state index contributed by atoms with van der Waals surface area (Å²) in [5.74, 6) is 0.0199.